The number of carboxylic acid groups (broad SMARTS) is 1. The lowest BCUT2D eigenvalue weighted by Gasteiger charge is -2.29. The first-order valence-electron chi connectivity index (χ1n) is 5.35. The van der Waals surface area contributed by atoms with Crippen LogP contribution in [0.5, 0.6) is 0 Å². The van der Waals surface area contributed by atoms with Crippen LogP contribution in [0.3, 0.4) is 0 Å². The maximum atomic E-state index is 11.7. The van der Waals surface area contributed by atoms with Crippen molar-refractivity contribution in [2.24, 2.45) is 0 Å². The Morgan fingerprint density at radius 1 is 1.38 bits per heavy atom. The van der Waals surface area contributed by atoms with Crippen molar-refractivity contribution in [2.75, 3.05) is 7.05 Å². The summed E-state index contributed by atoms with van der Waals surface area (Å²) in [5.41, 5.74) is -0.563. The van der Waals surface area contributed by atoms with Gasteiger partial charge in [-0.05, 0) is 27.2 Å². The van der Waals surface area contributed by atoms with Gasteiger partial charge in [0, 0.05) is 13.1 Å². The summed E-state index contributed by atoms with van der Waals surface area (Å²) in [5.74, 6) is -0.915. The number of carboxylic acids is 1. The van der Waals surface area contributed by atoms with Crippen molar-refractivity contribution in [3.63, 3.8) is 0 Å². The monoisotopic (exact) mass is 231 g/mol. The van der Waals surface area contributed by atoms with E-state index in [1.807, 2.05) is 6.92 Å². The van der Waals surface area contributed by atoms with Crippen LogP contribution < -0.4 is 0 Å². The van der Waals surface area contributed by atoms with Gasteiger partial charge in [0.15, 0.2) is 0 Å². The summed E-state index contributed by atoms with van der Waals surface area (Å²) in [6, 6.07) is -0.327. The lowest BCUT2D eigenvalue weighted by Crippen LogP contribution is -2.41. The molecule has 0 saturated carbocycles. The van der Waals surface area contributed by atoms with E-state index in [9.17, 15) is 9.59 Å². The molecule has 0 aliphatic heterocycles. The Bertz CT molecular complexity index is 257. The summed E-state index contributed by atoms with van der Waals surface area (Å²) in [7, 11) is 1.56. The van der Waals surface area contributed by atoms with Gasteiger partial charge in [-0.1, -0.05) is 6.92 Å². The van der Waals surface area contributed by atoms with Crippen LogP contribution in [0.15, 0.2) is 0 Å². The third-order valence-electron chi connectivity index (χ3n) is 2.11. The van der Waals surface area contributed by atoms with Gasteiger partial charge in [-0.3, -0.25) is 4.79 Å². The maximum Gasteiger partial charge on any atom is 0.410 e. The normalized spacial score (nSPS) is 13.1. The Morgan fingerprint density at radius 3 is 2.19 bits per heavy atom. The molecule has 0 rings (SSSR count). The van der Waals surface area contributed by atoms with E-state index in [0.29, 0.717) is 6.42 Å². The molecule has 16 heavy (non-hydrogen) atoms. The van der Waals surface area contributed by atoms with Gasteiger partial charge in [-0.2, -0.15) is 0 Å². The Labute approximate surface area is 96.4 Å². The van der Waals surface area contributed by atoms with Crippen LogP contribution in [0.1, 0.15) is 40.5 Å². The quantitative estimate of drug-likeness (QED) is 0.804. The largest absolute Gasteiger partial charge is 0.481 e. The Morgan fingerprint density at radius 2 is 1.88 bits per heavy atom. The number of amides is 1. The molecule has 0 aliphatic carbocycles. The first kappa shape index (κ1) is 14.7. The number of hydrogen-bond donors (Lipinski definition) is 1. The molecule has 0 radical (unpaired) electrons. The van der Waals surface area contributed by atoms with Crippen LogP contribution in [-0.2, 0) is 9.53 Å². The van der Waals surface area contributed by atoms with Gasteiger partial charge in [0.25, 0.3) is 0 Å². The summed E-state index contributed by atoms with van der Waals surface area (Å²) < 4.78 is 5.16. The molecule has 5 nitrogen and oxygen atoms in total. The number of carbonyl (C=O) groups excluding carboxylic acids is 1. The fourth-order valence-electron chi connectivity index (χ4n) is 1.24. The summed E-state index contributed by atoms with van der Waals surface area (Å²) in [4.78, 5) is 23.6. The van der Waals surface area contributed by atoms with E-state index in [2.05, 4.69) is 0 Å². The molecule has 0 saturated heterocycles. The third-order valence-corrected chi connectivity index (χ3v) is 2.11. The molecule has 0 unspecified atom stereocenters. The van der Waals surface area contributed by atoms with Crippen molar-refractivity contribution in [3.8, 4) is 0 Å². The molecule has 0 aromatic carbocycles. The highest BCUT2D eigenvalue weighted by molar-refractivity contribution is 5.71. The van der Waals surface area contributed by atoms with Crippen LogP contribution in [0.4, 0.5) is 4.79 Å². The van der Waals surface area contributed by atoms with Gasteiger partial charge in [-0.25, -0.2) is 4.79 Å². The second-order valence-corrected chi connectivity index (χ2v) is 4.75. The smallest absolute Gasteiger partial charge is 0.410 e. The minimum atomic E-state index is -0.915. The van der Waals surface area contributed by atoms with Crippen molar-refractivity contribution in [3.05, 3.63) is 0 Å². The zero-order valence-corrected chi connectivity index (χ0v) is 10.6. The number of ether oxygens (including phenoxy) is 1. The zero-order valence-electron chi connectivity index (χ0n) is 10.6. The number of nitrogens with zero attached hydrogens (tertiary/aromatic N) is 1. The summed E-state index contributed by atoms with van der Waals surface area (Å²) in [6.45, 7) is 7.17. The summed E-state index contributed by atoms with van der Waals surface area (Å²) in [5, 5.41) is 8.70. The second-order valence-electron chi connectivity index (χ2n) is 4.75. The predicted octanol–water partition coefficient (Wildman–Crippen LogP) is 2.11. The number of carbonyl (C=O) groups is 2. The Hall–Kier alpha value is -1.26. The van der Waals surface area contributed by atoms with Gasteiger partial charge in [-0.15, -0.1) is 0 Å². The number of rotatable bonds is 4. The molecule has 5 heteroatoms. The first-order chi connectivity index (χ1) is 7.17. The molecule has 0 aromatic rings. The van der Waals surface area contributed by atoms with Crippen LogP contribution in [-0.4, -0.2) is 40.8 Å². The molecule has 0 aromatic heterocycles. The lowest BCUT2D eigenvalue weighted by molar-refractivity contribution is -0.138. The van der Waals surface area contributed by atoms with Crippen LogP contribution in [0, 0.1) is 0 Å². The lowest BCUT2D eigenvalue weighted by atomic mass is 10.1. The van der Waals surface area contributed by atoms with Crippen LogP contribution in [0.2, 0.25) is 0 Å². The van der Waals surface area contributed by atoms with Gasteiger partial charge in [0.05, 0.1) is 6.42 Å². The van der Waals surface area contributed by atoms with Gasteiger partial charge in [0.2, 0.25) is 0 Å². The van der Waals surface area contributed by atoms with E-state index in [0.717, 1.165) is 0 Å². The molecule has 1 amide bonds. The first-order valence-corrected chi connectivity index (χ1v) is 5.35. The SMILES string of the molecule is CC[C@@H](CC(=O)O)N(C)C(=O)OC(C)(C)C. The highest BCUT2D eigenvalue weighted by atomic mass is 16.6. The van der Waals surface area contributed by atoms with E-state index in [1.54, 1.807) is 27.8 Å². The molecule has 0 fully saturated rings. The van der Waals surface area contributed by atoms with Crippen molar-refractivity contribution in [1.29, 1.82) is 0 Å². The Balaban J connectivity index is 4.44. The predicted molar refractivity (Wildman–Crippen MR) is 60.3 cm³/mol. The van der Waals surface area contributed by atoms with Crippen molar-refractivity contribution >= 4 is 12.1 Å². The molecular formula is C11H21NO4. The van der Waals surface area contributed by atoms with Crippen LogP contribution in [0.25, 0.3) is 0 Å². The van der Waals surface area contributed by atoms with Crippen molar-refractivity contribution in [1.82, 2.24) is 4.90 Å². The molecule has 0 heterocycles. The fraction of sp³-hybridized carbons (Fsp3) is 0.818. The Kier molecular flexibility index (Phi) is 5.27. The van der Waals surface area contributed by atoms with Gasteiger partial charge < -0.3 is 14.7 Å². The van der Waals surface area contributed by atoms with E-state index in [4.69, 9.17) is 9.84 Å². The molecule has 0 aliphatic rings. The minimum absolute atomic E-state index is 0.0633. The van der Waals surface area contributed by atoms with E-state index < -0.39 is 17.7 Å². The summed E-state index contributed by atoms with van der Waals surface area (Å²) in [6.07, 6.45) is 0.0366. The van der Waals surface area contributed by atoms with Gasteiger partial charge in [0.1, 0.15) is 5.60 Å². The maximum absolute atomic E-state index is 11.7. The second kappa shape index (κ2) is 5.72. The van der Waals surface area contributed by atoms with Crippen LogP contribution >= 0.6 is 0 Å². The topological polar surface area (TPSA) is 66.8 Å². The van der Waals surface area contributed by atoms with E-state index >= 15 is 0 Å². The standard InChI is InChI=1S/C11H21NO4/c1-6-8(7-9(13)14)12(5)10(15)16-11(2,3)4/h8H,6-7H2,1-5H3,(H,13,14)/t8-/m0/s1. The van der Waals surface area contributed by atoms with Crippen molar-refractivity contribution in [2.45, 2.75) is 52.2 Å². The zero-order chi connectivity index (χ0) is 12.9. The third kappa shape index (κ3) is 5.58. The van der Waals surface area contributed by atoms with E-state index in [1.165, 1.54) is 4.90 Å². The van der Waals surface area contributed by atoms with E-state index in [-0.39, 0.29) is 12.5 Å². The van der Waals surface area contributed by atoms with Crippen molar-refractivity contribution < 1.29 is 19.4 Å². The summed E-state index contributed by atoms with van der Waals surface area (Å²) >= 11 is 0. The average Bonchev–Trinajstić information content (AvgIpc) is 2.09. The fourth-order valence-corrected chi connectivity index (χ4v) is 1.24. The highest BCUT2D eigenvalue weighted by Gasteiger charge is 2.25. The molecule has 1 atom stereocenters. The molecule has 94 valence electrons. The molecule has 0 spiro atoms. The highest BCUT2D eigenvalue weighted by Crippen LogP contribution is 2.13. The molecule has 0 bridgehead atoms. The number of hydrogen-bond acceptors (Lipinski definition) is 3. The molecule has 1 N–H and O–H groups in total. The average molecular weight is 231 g/mol. The van der Waals surface area contributed by atoms with Gasteiger partial charge >= 0.3 is 12.1 Å². The minimum Gasteiger partial charge on any atom is -0.481 e. The number of aliphatic carboxylic acids is 1. The molecular weight excluding hydrogens is 210 g/mol.